The van der Waals surface area contributed by atoms with Crippen LogP contribution >= 0.6 is 0 Å². The Morgan fingerprint density at radius 2 is 2.23 bits per heavy atom. The Labute approximate surface area is 75.9 Å². The number of carboxylic acids is 1. The molecule has 0 heterocycles. The topological polar surface area (TPSA) is 72.8 Å². The van der Waals surface area contributed by atoms with Gasteiger partial charge in [0.2, 0.25) is 6.29 Å². The summed E-state index contributed by atoms with van der Waals surface area (Å²) in [5.41, 5.74) is 0. The summed E-state index contributed by atoms with van der Waals surface area (Å²) in [5, 5.41) is 8.40. The molecule has 0 aromatic rings. The molecule has 1 unspecified atom stereocenters. The number of hydrogen-bond acceptors (Lipinski definition) is 4. The van der Waals surface area contributed by atoms with Crippen molar-refractivity contribution >= 4 is 11.9 Å². The zero-order valence-electron chi connectivity index (χ0n) is 7.36. The van der Waals surface area contributed by atoms with Crippen LogP contribution in [-0.4, -0.2) is 29.9 Å². The van der Waals surface area contributed by atoms with Crippen LogP contribution in [0.4, 0.5) is 0 Å². The number of carbonyl (C=O) groups is 2. The van der Waals surface area contributed by atoms with Gasteiger partial charge in [-0.15, -0.1) is 0 Å². The maximum atomic E-state index is 10.7. The van der Waals surface area contributed by atoms with E-state index in [9.17, 15) is 9.59 Å². The number of carboxylic acid groups (broad SMARTS) is 1. The fraction of sp³-hybridized carbons (Fsp3) is 0.500. The summed E-state index contributed by atoms with van der Waals surface area (Å²) in [6.07, 6.45) is -0.450. The number of aliphatic carboxylic acids is 1. The number of rotatable bonds is 6. The van der Waals surface area contributed by atoms with Gasteiger partial charge in [-0.2, -0.15) is 0 Å². The minimum Gasteiger partial charge on any atom is -0.481 e. The van der Waals surface area contributed by atoms with Gasteiger partial charge in [-0.3, -0.25) is 4.79 Å². The summed E-state index contributed by atoms with van der Waals surface area (Å²) in [6, 6.07) is 0. The molecule has 1 atom stereocenters. The minimum absolute atomic E-state index is 0.280. The van der Waals surface area contributed by atoms with Crippen molar-refractivity contribution in [3.63, 3.8) is 0 Å². The molecule has 0 saturated carbocycles. The van der Waals surface area contributed by atoms with E-state index in [0.29, 0.717) is 0 Å². The van der Waals surface area contributed by atoms with Crippen LogP contribution < -0.4 is 0 Å². The van der Waals surface area contributed by atoms with Gasteiger partial charge in [-0.25, -0.2) is 4.79 Å². The summed E-state index contributed by atoms with van der Waals surface area (Å²) < 4.78 is 9.44. The van der Waals surface area contributed by atoms with Crippen molar-refractivity contribution in [3.05, 3.63) is 12.7 Å². The lowest BCUT2D eigenvalue weighted by atomic mass is 10.4. The lowest BCUT2D eigenvalue weighted by Crippen LogP contribution is -2.23. The fourth-order valence-electron chi connectivity index (χ4n) is 0.641. The number of carbonyl (C=O) groups excluding carboxylic acids is 1. The first-order valence-corrected chi connectivity index (χ1v) is 3.76. The molecule has 0 bridgehead atoms. The van der Waals surface area contributed by atoms with E-state index in [2.05, 4.69) is 11.3 Å². The normalized spacial score (nSPS) is 11.8. The summed E-state index contributed by atoms with van der Waals surface area (Å²) in [4.78, 5) is 20.9. The highest BCUT2D eigenvalue weighted by Gasteiger charge is 2.16. The zero-order chi connectivity index (χ0) is 10.3. The van der Waals surface area contributed by atoms with Crippen molar-refractivity contribution in [3.8, 4) is 0 Å². The number of ether oxygens (including phenoxy) is 2. The third-order valence-electron chi connectivity index (χ3n) is 1.11. The molecular weight excluding hydrogens is 176 g/mol. The summed E-state index contributed by atoms with van der Waals surface area (Å²) in [5.74, 6) is -1.78. The molecule has 5 heteroatoms. The Balaban J connectivity index is 4.00. The Bertz CT molecular complexity index is 199. The van der Waals surface area contributed by atoms with Crippen LogP contribution in [0.1, 0.15) is 13.3 Å². The largest absolute Gasteiger partial charge is 0.481 e. The van der Waals surface area contributed by atoms with Gasteiger partial charge in [0.25, 0.3) is 0 Å². The summed E-state index contributed by atoms with van der Waals surface area (Å²) in [6.45, 7) is 5.13. The van der Waals surface area contributed by atoms with Crippen molar-refractivity contribution in [1.29, 1.82) is 0 Å². The second kappa shape index (κ2) is 6.19. The maximum Gasteiger partial charge on any atom is 0.332 e. The number of hydrogen-bond donors (Lipinski definition) is 1. The lowest BCUT2D eigenvalue weighted by Gasteiger charge is -2.14. The fourth-order valence-corrected chi connectivity index (χ4v) is 0.641. The van der Waals surface area contributed by atoms with Crippen LogP contribution in [0.5, 0.6) is 0 Å². The Hall–Kier alpha value is -1.36. The average Bonchev–Trinajstić information content (AvgIpc) is 2.03. The molecule has 0 aromatic heterocycles. The Morgan fingerprint density at radius 3 is 2.62 bits per heavy atom. The Morgan fingerprint density at radius 1 is 1.62 bits per heavy atom. The van der Waals surface area contributed by atoms with Crippen LogP contribution in [0.25, 0.3) is 0 Å². The van der Waals surface area contributed by atoms with E-state index >= 15 is 0 Å². The smallest absolute Gasteiger partial charge is 0.332 e. The summed E-state index contributed by atoms with van der Waals surface area (Å²) >= 11 is 0. The number of esters is 1. The van der Waals surface area contributed by atoms with Gasteiger partial charge in [-0.1, -0.05) is 6.58 Å². The standard InChI is InChI=1S/C8H12O5/c1-3-7(11)13-8(12-4-2)5-6(9)10/h3,8H,1,4-5H2,2H3,(H,9,10). The highest BCUT2D eigenvalue weighted by atomic mass is 16.7. The molecule has 0 rings (SSSR count). The van der Waals surface area contributed by atoms with Gasteiger partial charge in [0.05, 0.1) is 0 Å². The van der Waals surface area contributed by atoms with Gasteiger partial charge in [0.15, 0.2) is 0 Å². The van der Waals surface area contributed by atoms with Crippen molar-refractivity contribution in [2.75, 3.05) is 6.61 Å². The van der Waals surface area contributed by atoms with Crippen LogP contribution in [0.15, 0.2) is 12.7 Å². The molecule has 0 amide bonds. The minimum atomic E-state index is -1.09. The maximum absolute atomic E-state index is 10.7. The monoisotopic (exact) mass is 188 g/mol. The van der Waals surface area contributed by atoms with Crippen LogP contribution in [0, 0.1) is 0 Å². The first kappa shape index (κ1) is 11.6. The molecule has 0 aliphatic carbocycles. The lowest BCUT2D eigenvalue weighted by molar-refractivity contribution is -0.178. The predicted octanol–water partition coefficient (Wildman–Crippen LogP) is 0.553. The van der Waals surface area contributed by atoms with E-state index in [0.717, 1.165) is 6.08 Å². The quantitative estimate of drug-likeness (QED) is 0.374. The molecule has 5 nitrogen and oxygen atoms in total. The highest BCUT2D eigenvalue weighted by molar-refractivity contribution is 5.81. The van der Waals surface area contributed by atoms with Crippen LogP contribution in [0.2, 0.25) is 0 Å². The zero-order valence-corrected chi connectivity index (χ0v) is 7.36. The third kappa shape index (κ3) is 5.86. The van der Waals surface area contributed by atoms with Crippen LogP contribution in [0.3, 0.4) is 0 Å². The van der Waals surface area contributed by atoms with E-state index in [1.165, 1.54) is 0 Å². The van der Waals surface area contributed by atoms with Gasteiger partial charge >= 0.3 is 11.9 Å². The van der Waals surface area contributed by atoms with Crippen molar-refractivity contribution < 1.29 is 24.2 Å². The second-order valence-corrected chi connectivity index (χ2v) is 2.12. The molecule has 1 N–H and O–H groups in total. The van der Waals surface area contributed by atoms with Gasteiger partial charge in [0.1, 0.15) is 6.42 Å². The average molecular weight is 188 g/mol. The highest BCUT2D eigenvalue weighted by Crippen LogP contribution is 2.01. The molecule has 13 heavy (non-hydrogen) atoms. The molecule has 0 radical (unpaired) electrons. The molecule has 0 aromatic carbocycles. The molecule has 0 aliphatic rings. The van der Waals surface area contributed by atoms with E-state index < -0.39 is 18.2 Å². The van der Waals surface area contributed by atoms with Crippen molar-refractivity contribution in [2.45, 2.75) is 19.6 Å². The van der Waals surface area contributed by atoms with Gasteiger partial charge < -0.3 is 14.6 Å². The molecule has 0 saturated heterocycles. The first-order valence-electron chi connectivity index (χ1n) is 3.76. The molecular formula is C8H12O5. The third-order valence-corrected chi connectivity index (χ3v) is 1.11. The predicted molar refractivity (Wildman–Crippen MR) is 44.0 cm³/mol. The second-order valence-electron chi connectivity index (χ2n) is 2.12. The van der Waals surface area contributed by atoms with E-state index in [1.807, 2.05) is 0 Å². The van der Waals surface area contributed by atoms with Crippen molar-refractivity contribution in [1.82, 2.24) is 0 Å². The summed E-state index contributed by atoms with van der Waals surface area (Å²) in [7, 11) is 0. The Kier molecular flexibility index (Phi) is 5.54. The molecule has 0 spiro atoms. The van der Waals surface area contributed by atoms with E-state index in [-0.39, 0.29) is 13.0 Å². The molecule has 0 fully saturated rings. The van der Waals surface area contributed by atoms with Gasteiger partial charge in [0, 0.05) is 12.7 Å². The van der Waals surface area contributed by atoms with Gasteiger partial charge in [-0.05, 0) is 6.92 Å². The molecule has 0 aliphatic heterocycles. The molecule has 74 valence electrons. The van der Waals surface area contributed by atoms with E-state index in [1.54, 1.807) is 6.92 Å². The SMILES string of the molecule is C=CC(=O)OC(CC(=O)O)OCC. The van der Waals surface area contributed by atoms with Crippen LogP contribution in [-0.2, 0) is 19.1 Å². The van der Waals surface area contributed by atoms with Crippen molar-refractivity contribution in [2.24, 2.45) is 0 Å². The first-order chi connectivity index (χ1) is 6.10. The van der Waals surface area contributed by atoms with E-state index in [4.69, 9.17) is 9.84 Å².